The van der Waals surface area contributed by atoms with Gasteiger partial charge in [0.05, 0.1) is 60.9 Å². The van der Waals surface area contributed by atoms with Crippen molar-refractivity contribution in [2.75, 3.05) is 26.2 Å². The van der Waals surface area contributed by atoms with Gasteiger partial charge in [0.1, 0.15) is 42.0 Å². The molecule has 13 unspecified atom stereocenters. The predicted molar refractivity (Wildman–Crippen MR) is 294 cm³/mol. The van der Waals surface area contributed by atoms with Crippen LogP contribution in [0, 0.1) is 5.92 Å². The number of nitrogens with one attached hydrogen (secondary N) is 5. The molecule has 0 aliphatic carbocycles. The zero-order chi connectivity index (χ0) is 61.4. The maximum atomic E-state index is 14.6. The summed E-state index contributed by atoms with van der Waals surface area (Å²) in [6.45, 7) is 3.58. The van der Waals surface area contributed by atoms with Crippen LogP contribution in [0.4, 0.5) is 0 Å². The fourth-order valence-electron chi connectivity index (χ4n) is 9.97. The average Bonchev–Trinajstić information content (AvgIpc) is 3.06. The molecule has 30 heteroatoms. The highest BCUT2D eigenvalue weighted by Gasteiger charge is 2.50. The van der Waals surface area contributed by atoms with E-state index in [-0.39, 0.29) is 29.2 Å². The van der Waals surface area contributed by atoms with Crippen LogP contribution in [0.2, 0.25) is 0 Å². The molecule has 84 heavy (non-hydrogen) atoms. The Kier molecular flexibility index (Phi) is 24.4. The molecule has 3 saturated heterocycles. The number of aliphatic hydroxyl groups excluding tert-OH is 6. The summed E-state index contributed by atoms with van der Waals surface area (Å²) in [4.78, 5) is 119. The van der Waals surface area contributed by atoms with Crippen LogP contribution in [-0.4, -0.2) is 202 Å². The molecule has 0 saturated carbocycles. The Bertz CT molecular complexity index is 2770. The molecule has 2 aromatic carbocycles. The number of nitrogens with zero attached hydrogens (tertiary/aromatic N) is 3. The molecule has 6 rings (SSSR count). The highest BCUT2D eigenvalue weighted by Crippen LogP contribution is 2.32. The minimum atomic E-state index is -2.21. The second-order valence-corrected chi connectivity index (χ2v) is 21.4. The molecule has 0 radical (unpaired) electrons. The lowest BCUT2D eigenvalue weighted by Crippen LogP contribution is -2.64. The molecule has 8 amide bonds. The van der Waals surface area contributed by atoms with Crippen molar-refractivity contribution >= 4 is 59.6 Å². The number of phenolic OH excluding ortho intramolecular Hbond substituents is 1. The average molecular weight is 1200 g/mol. The number of fused-ring (bicyclic) bond motifs is 2. The fourth-order valence-corrected chi connectivity index (χ4v) is 10.2. The molecule has 15 N–H and O–H groups in total. The third-order valence-corrected chi connectivity index (χ3v) is 14.9. The summed E-state index contributed by atoms with van der Waals surface area (Å²) >= 11 is 0.0579. The molecule has 460 valence electrons. The molecule has 4 heterocycles. The first-order valence-electron chi connectivity index (χ1n) is 27.3. The molecule has 1 aromatic heterocycles. The molecule has 0 bridgehead atoms. The second-order valence-electron chi connectivity index (χ2n) is 21.0. The quantitative estimate of drug-likeness (QED) is 0.0237. The van der Waals surface area contributed by atoms with Gasteiger partial charge in [-0.25, -0.2) is 5.26 Å². The molecule has 3 aliphatic rings. The number of carbonyl (C=O) groups is 8. The Morgan fingerprint density at radius 1 is 0.810 bits per heavy atom. The first kappa shape index (κ1) is 65.9. The third-order valence-electron chi connectivity index (χ3n) is 14.5. The number of phenols is 1. The minimum Gasteiger partial charge on any atom is -0.504 e. The van der Waals surface area contributed by atoms with E-state index in [0.717, 1.165) is 54.5 Å². The van der Waals surface area contributed by atoms with Crippen molar-refractivity contribution < 1.29 is 97.7 Å². The zero-order valence-corrected chi connectivity index (χ0v) is 47.1. The maximum absolute atomic E-state index is 14.6. The van der Waals surface area contributed by atoms with E-state index >= 15 is 0 Å². The van der Waals surface area contributed by atoms with E-state index in [9.17, 15) is 74.1 Å². The summed E-state index contributed by atoms with van der Waals surface area (Å²) < 4.78 is 15.2. The minimum absolute atomic E-state index is 0.0579. The SMILES string of the molecule is CCCCCCCOc1ccc(-c2ccc(C(=O)NC3CC(O)CNC(=O)C4C(O)C(C)CN4C(=O)C(C(O)CC(N)=O)NC(=O)C(C(O)Cc4ccc(O)c(OSOOO)c4)NC(=O)C4CC(O)CN4C(=O)C(C(C)O)NC3=O)cn2)cc1. The van der Waals surface area contributed by atoms with Gasteiger partial charge in [0, 0.05) is 56.6 Å². The van der Waals surface area contributed by atoms with Crippen molar-refractivity contribution in [2.24, 2.45) is 11.7 Å². The monoisotopic (exact) mass is 1200 g/mol. The topological polar surface area (TPSA) is 441 Å². The van der Waals surface area contributed by atoms with Crippen LogP contribution in [0.25, 0.3) is 11.3 Å². The van der Waals surface area contributed by atoms with Gasteiger partial charge in [-0.15, -0.1) is 0 Å². The fraction of sp³-hybridized carbons (Fsp3) is 0.537. The van der Waals surface area contributed by atoms with Gasteiger partial charge in [-0.1, -0.05) is 55.0 Å². The van der Waals surface area contributed by atoms with Gasteiger partial charge >= 0.3 is 0 Å². The third kappa shape index (κ3) is 17.7. The zero-order valence-electron chi connectivity index (χ0n) is 46.3. The number of ether oxygens (including phenoxy) is 1. The summed E-state index contributed by atoms with van der Waals surface area (Å²) in [6.07, 6.45) is -6.92. The van der Waals surface area contributed by atoms with Gasteiger partial charge in [0.2, 0.25) is 41.4 Å². The second kappa shape index (κ2) is 31.0. The number of rotatable bonds is 21. The van der Waals surface area contributed by atoms with Crippen molar-refractivity contribution in [3.05, 3.63) is 71.9 Å². The van der Waals surface area contributed by atoms with E-state index in [1.165, 1.54) is 31.7 Å². The molecule has 29 nitrogen and oxygen atoms in total. The van der Waals surface area contributed by atoms with Crippen molar-refractivity contribution in [1.29, 1.82) is 0 Å². The van der Waals surface area contributed by atoms with Gasteiger partial charge < -0.3 is 86.8 Å². The number of hydrogen-bond donors (Lipinski definition) is 14. The van der Waals surface area contributed by atoms with Gasteiger partial charge in [-0.3, -0.25) is 43.3 Å². The van der Waals surface area contributed by atoms with Crippen LogP contribution in [0.3, 0.4) is 0 Å². The number of aromatic nitrogens is 1. The van der Waals surface area contributed by atoms with Gasteiger partial charge in [0.25, 0.3) is 18.2 Å². The summed E-state index contributed by atoms with van der Waals surface area (Å²) in [5.74, 6) is -10.4. The van der Waals surface area contributed by atoms with Gasteiger partial charge in [-0.2, -0.15) is 0 Å². The van der Waals surface area contributed by atoms with Crippen molar-refractivity contribution in [2.45, 2.75) is 151 Å². The van der Waals surface area contributed by atoms with Crippen LogP contribution in [0.5, 0.6) is 17.2 Å². The Balaban J connectivity index is 1.33. The number of amides is 8. The maximum Gasteiger partial charge on any atom is 0.261 e. The number of hydrogen-bond acceptors (Lipinski definition) is 22. The molecule has 0 spiro atoms. The summed E-state index contributed by atoms with van der Waals surface area (Å²) in [7, 11) is 0. The molecular formula is C54H73N9O20S. The van der Waals surface area contributed by atoms with Gasteiger partial charge in [0.15, 0.2) is 11.5 Å². The lowest BCUT2D eigenvalue weighted by Gasteiger charge is -2.33. The number of carbonyl (C=O) groups excluding carboxylic acids is 8. The van der Waals surface area contributed by atoms with Crippen LogP contribution < -0.4 is 41.2 Å². The van der Waals surface area contributed by atoms with Crippen molar-refractivity contribution in [3.8, 4) is 28.5 Å². The molecule has 3 fully saturated rings. The van der Waals surface area contributed by atoms with Crippen LogP contribution >= 0.6 is 12.3 Å². The predicted octanol–water partition coefficient (Wildman–Crippen LogP) is -2.01. The van der Waals surface area contributed by atoms with E-state index in [2.05, 4.69) is 47.9 Å². The molecule has 3 aromatic rings. The first-order chi connectivity index (χ1) is 40.0. The lowest BCUT2D eigenvalue weighted by molar-refractivity contribution is -0.433. The van der Waals surface area contributed by atoms with Crippen LogP contribution in [-0.2, 0) is 49.4 Å². The first-order valence-corrected chi connectivity index (χ1v) is 28.0. The Labute approximate surface area is 486 Å². The summed E-state index contributed by atoms with van der Waals surface area (Å²) in [5, 5.41) is 102. The van der Waals surface area contributed by atoms with Crippen molar-refractivity contribution in [3.63, 3.8) is 0 Å². The number of primary amides is 1. The molecule has 3 aliphatic heterocycles. The number of aliphatic hydroxyl groups is 6. The van der Waals surface area contributed by atoms with E-state index in [1.54, 1.807) is 30.3 Å². The smallest absolute Gasteiger partial charge is 0.261 e. The summed E-state index contributed by atoms with van der Waals surface area (Å²) in [6, 6.07) is 2.00. The van der Waals surface area contributed by atoms with Crippen LogP contribution in [0.1, 0.15) is 88.1 Å². The lowest BCUT2D eigenvalue weighted by atomic mass is 9.98. The molecule has 13 atom stereocenters. The van der Waals surface area contributed by atoms with E-state index in [4.69, 9.17) is 19.9 Å². The Hall–Kier alpha value is -7.26. The van der Waals surface area contributed by atoms with E-state index in [1.807, 2.05) is 0 Å². The summed E-state index contributed by atoms with van der Waals surface area (Å²) in [5.41, 5.74) is 6.59. The van der Waals surface area contributed by atoms with E-state index in [0.29, 0.717) is 23.6 Å². The Morgan fingerprint density at radius 2 is 1.50 bits per heavy atom. The number of unbranched alkanes of at least 4 members (excludes halogenated alkanes) is 4. The van der Waals surface area contributed by atoms with E-state index < -0.39 is 177 Å². The van der Waals surface area contributed by atoms with Crippen LogP contribution in [0.15, 0.2) is 60.8 Å². The standard InChI is InChI=1S/C54H73N9O20S/c1-4-5-6-7-8-17-80-34-13-10-30(11-14-34)35-15-12-31(23-56-35)48(72)58-36-20-32(65)24-57-52(76)46-47(71)27(2)25-63(46)54(78)45(40(69)22-42(55)70)61-51(75)44(39(68)18-29-9-16-38(67)41(19-29)81-84-83-82-79)60-50(74)37-21-33(66)26-62(37)53(77)43(28(3)64)59-49(36)73/h9-16,19,23,27-28,32-33,36-37,39-40,43-47,64-69,71,79H,4-8,17-18,20-22,24-26H2,1-3H3,(H2,55,70)(H,57,76)(H,58,72)(H,59,73)(H,60,74)(H,61,75). The largest absolute Gasteiger partial charge is 0.504 e. The number of β-amino-alcohol motifs (C(OH)–C–C–N with tert-alkyl or cyclic N) is 1. The number of benzene rings is 2. The highest BCUT2D eigenvalue weighted by molar-refractivity contribution is 7.90. The highest BCUT2D eigenvalue weighted by atomic mass is 32.2. The van der Waals surface area contributed by atoms with Crippen molar-refractivity contribution in [1.82, 2.24) is 41.4 Å². The number of aromatic hydroxyl groups is 1. The Morgan fingerprint density at radius 3 is 2.17 bits per heavy atom. The number of nitrogens with two attached hydrogens (primary N) is 1. The molecular weight excluding hydrogens is 1130 g/mol. The number of pyridine rings is 1. The van der Waals surface area contributed by atoms with Gasteiger partial charge in [-0.05, 0) is 67.4 Å². The normalized spacial score (nSPS) is 25.8.